The molecule has 0 N–H and O–H groups in total. The average Bonchev–Trinajstić information content (AvgIpc) is 2.46. The summed E-state index contributed by atoms with van der Waals surface area (Å²) >= 11 is 9.87. The third kappa shape index (κ3) is 10.5. The number of unbranched alkanes of at least 4 members (excludes halogenated alkanes) is 1. The molecule has 0 amide bonds. The first kappa shape index (κ1) is 22.8. The molecule has 0 bridgehead atoms. The molecule has 0 aromatic carbocycles. The lowest BCUT2D eigenvalue weighted by Gasteiger charge is -2.24. The highest BCUT2D eigenvalue weighted by atomic mass is 35.5. The third-order valence-corrected chi connectivity index (χ3v) is 3.12. The van der Waals surface area contributed by atoms with Crippen molar-refractivity contribution in [3.05, 3.63) is 0 Å². The highest BCUT2D eigenvalue weighted by Gasteiger charge is 2.26. The highest BCUT2D eigenvalue weighted by molar-refractivity contribution is 6.80. The smallest absolute Gasteiger partial charge is 0.287 e. The summed E-state index contributed by atoms with van der Waals surface area (Å²) in [5.74, 6) is -2.56. The van der Waals surface area contributed by atoms with Crippen LogP contribution >= 0.6 is 23.2 Å². The van der Waals surface area contributed by atoms with Gasteiger partial charge in [0.05, 0.1) is 0 Å². The summed E-state index contributed by atoms with van der Waals surface area (Å²) in [5, 5.41) is -2.54. The fraction of sp³-hybridized carbons (Fsp3) is 0.714. The minimum absolute atomic E-state index is 0.507. The number of hydrogen-bond donors (Lipinski definition) is 0. The summed E-state index contributed by atoms with van der Waals surface area (Å²) in [7, 11) is 0. The Kier molecular flexibility index (Phi) is 9.42. The van der Waals surface area contributed by atoms with Crippen molar-refractivity contribution in [2.75, 3.05) is 0 Å². The molecule has 0 aromatic heterocycles. The first-order chi connectivity index (χ1) is 10.9. The van der Waals surface area contributed by atoms with Crippen LogP contribution in [0.3, 0.4) is 0 Å². The van der Waals surface area contributed by atoms with E-state index in [1.807, 2.05) is 0 Å². The van der Waals surface area contributed by atoms with Gasteiger partial charge in [-0.3, -0.25) is 19.4 Å². The molecule has 8 nitrogen and oxygen atoms in total. The van der Waals surface area contributed by atoms with Gasteiger partial charge in [-0.1, -0.05) is 12.8 Å². The quantitative estimate of drug-likeness (QED) is 0.175. The summed E-state index contributed by atoms with van der Waals surface area (Å²) in [5.41, 5.74) is -1.63. The van der Waals surface area contributed by atoms with Gasteiger partial charge in [0.2, 0.25) is 0 Å². The Morgan fingerprint density at radius 3 is 1.25 bits per heavy atom. The molecule has 0 radical (unpaired) electrons. The van der Waals surface area contributed by atoms with E-state index in [0.717, 1.165) is 0 Å². The Morgan fingerprint density at radius 2 is 1.00 bits per heavy atom. The minimum atomic E-state index is -1.28. The molecular weight excluding hydrogens is 367 g/mol. The zero-order chi connectivity index (χ0) is 19.0. The molecule has 0 spiro atoms. The summed E-state index contributed by atoms with van der Waals surface area (Å²) < 4.78 is 0. The maximum Gasteiger partial charge on any atom is 0.424 e. The molecule has 0 saturated carbocycles. The van der Waals surface area contributed by atoms with Crippen molar-refractivity contribution in [1.82, 2.24) is 0 Å². The molecule has 10 heteroatoms. The van der Waals surface area contributed by atoms with Crippen LogP contribution in [0, 0.1) is 0 Å². The van der Waals surface area contributed by atoms with Crippen molar-refractivity contribution in [2.24, 2.45) is 0 Å². The predicted octanol–water partition coefficient (Wildman–Crippen LogP) is 2.58. The molecule has 0 heterocycles. The molecular formula is C14H20Cl2O8. The first-order valence-electron chi connectivity index (χ1n) is 7.05. The van der Waals surface area contributed by atoms with Gasteiger partial charge in [0, 0.05) is 0 Å². The van der Waals surface area contributed by atoms with Crippen LogP contribution in [-0.4, -0.2) is 33.6 Å². The number of hydrogen-bond acceptors (Lipinski definition) is 8. The fourth-order valence-electron chi connectivity index (χ4n) is 1.55. The van der Waals surface area contributed by atoms with Crippen LogP contribution in [0.15, 0.2) is 0 Å². The summed E-state index contributed by atoms with van der Waals surface area (Å²) in [6, 6.07) is 0. The molecule has 0 rings (SSSR count). The van der Waals surface area contributed by atoms with Crippen molar-refractivity contribution >= 4 is 45.6 Å². The SMILES string of the molecule is CC(C)(CCCCC(C)(C)OOC(=O)C(=O)Cl)OOC(=O)C(=O)Cl. The van der Waals surface area contributed by atoms with Crippen molar-refractivity contribution in [2.45, 2.75) is 64.6 Å². The van der Waals surface area contributed by atoms with E-state index in [1.165, 1.54) is 0 Å². The average molecular weight is 387 g/mol. The number of halogens is 2. The molecule has 24 heavy (non-hydrogen) atoms. The van der Waals surface area contributed by atoms with E-state index >= 15 is 0 Å². The van der Waals surface area contributed by atoms with Crippen LogP contribution in [0.2, 0.25) is 0 Å². The molecule has 0 aliphatic rings. The molecule has 0 fully saturated rings. The number of carbonyl (C=O) groups excluding carboxylic acids is 4. The van der Waals surface area contributed by atoms with Gasteiger partial charge < -0.3 is 0 Å². The van der Waals surface area contributed by atoms with Gasteiger partial charge in [-0.15, -0.1) is 0 Å². The summed E-state index contributed by atoms with van der Waals surface area (Å²) in [4.78, 5) is 61.2. The Bertz CT molecular complexity index is 443. The van der Waals surface area contributed by atoms with Gasteiger partial charge in [-0.05, 0) is 63.7 Å². The Morgan fingerprint density at radius 1 is 0.708 bits per heavy atom. The van der Waals surface area contributed by atoms with E-state index in [-0.39, 0.29) is 0 Å². The zero-order valence-electron chi connectivity index (χ0n) is 13.9. The largest absolute Gasteiger partial charge is 0.424 e. The summed E-state index contributed by atoms with van der Waals surface area (Å²) in [6.07, 6.45) is 2.34. The van der Waals surface area contributed by atoms with Crippen molar-refractivity contribution < 1.29 is 38.7 Å². The van der Waals surface area contributed by atoms with Crippen molar-refractivity contribution in [3.8, 4) is 0 Å². The first-order valence-corrected chi connectivity index (χ1v) is 7.81. The van der Waals surface area contributed by atoms with Crippen LogP contribution in [0.1, 0.15) is 53.4 Å². The van der Waals surface area contributed by atoms with Gasteiger partial charge in [0.25, 0.3) is 0 Å². The van der Waals surface area contributed by atoms with E-state index in [4.69, 9.17) is 33.0 Å². The molecule has 138 valence electrons. The lowest BCUT2D eigenvalue weighted by atomic mass is 9.96. The molecule has 0 unspecified atom stereocenters. The van der Waals surface area contributed by atoms with Gasteiger partial charge >= 0.3 is 22.4 Å². The summed E-state index contributed by atoms with van der Waals surface area (Å²) in [6.45, 7) is 6.70. The van der Waals surface area contributed by atoms with Crippen LogP contribution in [0.4, 0.5) is 0 Å². The van der Waals surface area contributed by atoms with Crippen LogP contribution < -0.4 is 0 Å². The Hall–Kier alpha value is -1.22. The lowest BCUT2D eigenvalue weighted by molar-refractivity contribution is -0.325. The molecule has 0 aliphatic carbocycles. The molecule has 0 saturated heterocycles. The predicted molar refractivity (Wildman–Crippen MR) is 82.7 cm³/mol. The Labute approximate surface area is 149 Å². The second-order valence-electron chi connectivity index (χ2n) is 6.18. The van der Waals surface area contributed by atoms with E-state index in [0.29, 0.717) is 25.7 Å². The molecule has 0 aliphatic heterocycles. The second kappa shape index (κ2) is 9.93. The second-order valence-corrected chi connectivity index (χ2v) is 6.87. The maximum absolute atomic E-state index is 10.9. The fourth-order valence-corrected chi connectivity index (χ4v) is 1.61. The zero-order valence-corrected chi connectivity index (χ0v) is 15.4. The van der Waals surface area contributed by atoms with E-state index in [1.54, 1.807) is 27.7 Å². The van der Waals surface area contributed by atoms with Gasteiger partial charge in [0.15, 0.2) is 0 Å². The number of carbonyl (C=O) groups is 4. The third-order valence-electron chi connectivity index (χ3n) is 2.81. The van der Waals surface area contributed by atoms with Crippen LogP contribution in [0.5, 0.6) is 0 Å². The normalized spacial score (nSPS) is 11.8. The van der Waals surface area contributed by atoms with Crippen LogP contribution in [-0.2, 0) is 38.7 Å². The molecule has 0 aromatic rings. The standard InChI is InChI=1S/C14H20Cl2O8/c1-13(2,23-21-11(19)9(15)17)7-5-6-8-14(3,4)24-22-12(20)10(16)18/h5-8H2,1-4H3. The van der Waals surface area contributed by atoms with Crippen LogP contribution in [0.25, 0.3) is 0 Å². The number of rotatable bonds is 11. The topological polar surface area (TPSA) is 105 Å². The van der Waals surface area contributed by atoms with Gasteiger partial charge in [0.1, 0.15) is 11.2 Å². The van der Waals surface area contributed by atoms with Gasteiger partial charge in [-0.25, -0.2) is 9.59 Å². The van der Waals surface area contributed by atoms with Crippen molar-refractivity contribution in [1.29, 1.82) is 0 Å². The van der Waals surface area contributed by atoms with E-state index in [2.05, 4.69) is 9.78 Å². The molecule has 0 atom stereocenters. The lowest BCUT2D eigenvalue weighted by Crippen LogP contribution is -2.29. The van der Waals surface area contributed by atoms with E-state index < -0.39 is 33.6 Å². The monoisotopic (exact) mass is 386 g/mol. The van der Waals surface area contributed by atoms with Gasteiger partial charge in [-0.2, -0.15) is 9.78 Å². The maximum atomic E-state index is 10.9. The van der Waals surface area contributed by atoms with Crippen molar-refractivity contribution in [3.63, 3.8) is 0 Å². The Balaban J connectivity index is 4.08. The highest BCUT2D eigenvalue weighted by Crippen LogP contribution is 2.23. The van der Waals surface area contributed by atoms with E-state index in [9.17, 15) is 19.2 Å². The minimum Gasteiger partial charge on any atom is -0.287 e.